The van der Waals surface area contributed by atoms with Gasteiger partial charge in [0.05, 0.1) is 0 Å². The van der Waals surface area contributed by atoms with Crippen LogP contribution in [0.2, 0.25) is 0 Å². The molecule has 0 bridgehead atoms. The van der Waals surface area contributed by atoms with Crippen molar-refractivity contribution in [1.29, 1.82) is 0 Å². The van der Waals surface area contributed by atoms with E-state index in [9.17, 15) is 0 Å². The van der Waals surface area contributed by atoms with E-state index >= 15 is 0 Å². The molecule has 0 unspecified atom stereocenters. The summed E-state index contributed by atoms with van der Waals surface area (Å²) in [6, 6.07) is 16.9. The van der Waals surface area contributed by atoms with E-state index in [0.29, 0.717) is 0 Å². The molecule has 1 heterocycles. The Morgan fingerprint density at radius 2 is 1.83 bits per heavy atom. The number of rotatable bonds is 2. The van der Waals surface area contributed by atoms with Crippen LogP contribution in [0.3, 0.4) is 0 Å². The third kappa shape index (κ3) is 2.35. The van der Waals surface area contributed by atoms with Crippen molar-refractivity contribution in [2.45, 2.75) is 6.92 Å². The Hall–Kier alpha value is -0.771. The average molecular weight is 413 g/mol. The van der Waals surface area contributed by atoms with E-state index in [1.165, 1.54) is 19.0 Å². The van der Waals surface area contributed by atoms with Crippen molar-refractivity contribution in [2.24, 2.45) is 0 Å². The normalized spacial score (nSPS) is 11.0. The summed E-state index contributed by atoms with van der Waals surface area (Å²) in [6.45, 7) is 2.12. The first kappa shape index (κ1) is 12.3. The Balaban J connectivity index is 2.05. The minimum absolute atomic E-state index is 0.241. The number of hydrogen-bond donors (Lipinski definition) is 0. The third-order valence-electron chi connectivity index (χ3n) is 2.71. The standard InChI is InChI=1S/C15H11IOSe/c1-10-7-8-13-12(9-10)14(16)15(17-13)18-11-5-3-2-4-6-11/h2-9H,1H3. The maximum atomic E-state index is 5.98. The zero-order chi connectivity index (χ0) is 12.5. The Kier molecular flexibility index (Phi) is 3.46. The third-order valence-corrected chi connectivity index (χ3v) is 6.66. The van der Waals surface area contributed by atoms with E-state index in [-0.39, 0.29) is 15.0 Å². The van der Waals surface area contributed by atoms with Crippen molar-refractivity contribution in [3.05, 3.63) is 57.7 Å². The molecule has 2 aromatic carbocycles. The van der Waals surface area contributed by atoms with Crippen molar-refractivity contribution in [2.75, 3.05) is 0 Å². The summed E-state index contributed by atoms with van der Waals surface area (Å²) >= 11 is 2.64. The first-order valence-corrected chi connectivity index (χ1v) is 8.45. The van der Waals surface area contributed by atoms with Gasteiger partial charge in [-0.3, -0.25) is 0 Å². The van der Waals surface area contributed by atoms with Gasteiger partial charge in [-0.2, -0.15) is 0 Å². The topological polar surface area (TPSA) is 13.1 Å². The zero-order valence-corrected chi connectivity index (χ0v) is 13.7. The predicted octanol–water partition coefficient (Wildman–Crippen LogP) is 3.00. The second kappa shape index (κ2) is 5.08. The van der Waals surface area contributed by atoms with Gasteiger partial charge >= 0.3 is 127 Å². The summed E-state index contributed by atoms with van der Waals surface area (Å²) in [4.78, 5) is 0. The molecule has 3 aromatic rings. The van der Waals surface area contributed by atoms with Gasteiger partial charge in [-0.1, -0.05) is 0 Å². The van der Waals surface area contributed by atoms with E-state index < -0.39 is 0 Å². The molecular weight excluding hydrogens is 402 g/mol. The van der Waals surface area contributed by atoms with Gasteiger partial charge < -0.3 is 0 Å². The molecule has 0 saturated heterocycles. The summed E-state index contributed by atoms with van der Waals surface area (Å²) in [7, 11) is 0. The molecule has 0 spiro atoms. The quantitative estimate of drug-likeness (QED) is 0.465. The fourth-order valence-electron chi connectivity index (χ4n) is 1.82. The van der Waals surface area contributed by atoms with Gasteiger partial charge in [-0.05, 0) is 0 Å². The van der Waals surface area contributed by atoms with Crippen LogP contribution < -0.4 is 9.12 Å². The number of fused-ring (bicyclic) bond motifs is 1. The average Bonchev–Trinajstić information content (AvgIpc) is 2.68. The predicted molar refractivity (Wildman–Crippen MR) is 85.1 cm³/mol. The van der Waals surface area contributed by atoms with E-state index in [0.717, 1.165) is 10.2 Å². The molecule has 0 radical (unpaired) electrons. The van der Waals surface area contributed by atoms with Crippen LogP contribution in [0, 0.1) is 10.5 Å². The van der Waals surface area contributed by atoms with Crippen LogP contribution in [0.4, 0.5) is 0 Å². The van der Waals surface area contributed by atoms with E-state index in [2.05, 4.69) is 72.0 Å². The molecule has 0 N–H and O–H groups in total. The zero-order valence-electron chi connectivity index (χ0n) is 9.81. The number of furan rings is 1. The second-order valence-corrected chi connectivity index (χ2v) is 7.39. The van der Waals surface area contributed by atoms with Crippen LogP contribution in [-0.4, -0.2) is 15.0 Å². The van der Waals surface area contributed by atoms with Gasteiger partial charge in [0.25, 0.3) is 0 Å². The van der Waals surface area contributed by atoms with Gasteiger partial charge in [-0.25, -0.2) is 0 Å². The summed E-state index contributed by atoms with van der Waals surface area (Å²) in [5.74, 6) is 0. The van der Waals surface area contributed by atoms with Gasteiger partial charge in [0.1, 0.15) is 0 Å². The number of aryl methyl sites for hydroxylation is 1. The Morgan fingerprint density at radius 1 is 1.06 bits per heavy atom. The molecule has 90 valence electrons. The molecule has 3 heteroatoms. The molecular formula is C15H11IOSe. The molecule has 0 amide bonds. The molecule has 0 fully saturated rings. The summed E-state index contributed by atoms with van der Waals surface area (Å²) in [6.07, 6.45) is 0. The van der Waals surface area contributed by atoms with Crippen molar-refractivity contribution in [1.82, 2.24) is 0 Å². The molecule has 18 heavy (non-hydrogen) atoms. The number of hydrogen-bond acceptors (Lipinski definition) is 1. The van der Waals surface area contributed by atoms with Gasteiger partial charge in [-0.15, -0.1) is 0 Å². The monoisotopic (exact) mass is 414 g/mol. The maximum absolute atomic E-state index is 5.98. The Labute approximate surface area is 126 Å². The van der Waals surface area contributed by atoms with Gasteiger partial charge in [0.15, 0.2) is 0 Å². The molecule has 1 nitrogen and oxygen atoms in total. The fraction of sp³-hybridized carbons (Fsp3) is 0.0667. The molecule has 0 aliphatic heterocycles. The van der Waals surface area contributed by atoms with Crippen LogP contribution in [-0.2, 0) is 0 Å². The molecule has 0 saturated carbocycles. The number of benzene rings is 2. The molecule has 1 aromatic heterocycles. The van der Waals surface area contributed by atoms with E-state index in [1.807, 2.05) is 6.07 Å². The SMILES string of the molecule is Cc1ccc2oc([Se]c3ccccc3)c(I)c2c1. The molecule has 3 rings (SSSR count). The van der Waals surface area contributed by atoms with Crippen molar-refractivity contribution >= 4 is 57.6 Å². The summed E-state index contributed by atoms with van der Waals surface area (Å²) < 4.78 is 9.70. The van der Waals surface area contributed by atoms with Crippen molar-refractivity contribution in [3.8, 4) is 0 Å². The van der Waals surface area contributed by atoms with Crippen LogP contribution in [0.5, 0.6) is 0 Å². The van der Waals surface area contributed by atoms with Crippen LogP contribution >= 0.6 is 22.6 Å². The Morgan fingerprint density at radius 3 is 2.61 bits per heavy atom. The number of halogens is 1. The minimum atomic E-state index is 0.241. The van der Waals surface area contributed by atoms with E-state index in [1.54, 1.807) is 0 Å². The first-order chi connectivity index (χ1) is 8.74. The summed E-state index contributed by atoms with van der Waals surface area (Å²) in [5.41, 5.74) is 2.28. The molecule has 0 aliphatic carbocycles. The Bertz CT molecular complexity index is 688. The molecule has 0 aliphatic rings. The second-order valence-electron chi connectivity index (χ2n) is 4.12. The summed E-state index contributed by atoms with van der Waals surface area (Å²) in [5, 5.41) is 1.24. The van der Waals surface area contributed by atoms with Crippen LogP contribution in [0.15, 0.2) is 52.9 Å². The first-order valence-electron chi connectivity index (χ1n) is 5.65. The fourth-order valence-corrected chi connectivity index (χ4v) is 4.68. The van der Waals surface area contributed by atoms with Gasteiger partial charge in [0.2, 0.25) is 0 Å². The van der Waals surface area contributed by atoms with Crippen molar-refractivity contribution < 1.29 is 4.42 Å². The molecule has 0 atom stereocenters. The van der Waals surface area contributed by atoms with Crippen LogP contribution in [0.1, 0.15) is 5.56 Å². The van der Waals surface area contributed by atoms with Gasteiger partial charge in [0, 0.05) is 0 Å². The van der Waals surface area contributed by atoms with Crippen LogP contribution in [0.25, 0.3) is 11.0 Å². The van der Waals surface area contributed by atoms with Crippen molar-refractivity contribution in [3.63, 3.8) is 0 Å². The van der Waals surface area contributed by atoms with E-state index in [4.69, 9.17) is 4.42 Å².